The Labute approximate surface area is 147 Å². The van der Waals surface area contributed by atoms with Gasteiger partial charge in [0.15, 0.2) is 11.5 Å². The van der Waals surface area contributed by atoms with Gasteiger partial charge < -0.3 is 14.6 Å². The third-order valence-electron chi connectivity index (χ3n) is 5.10. The fourth-order valence-electron chi connectivity index (χ4n) is 3.91. The molecule has 2 aromatic heterocycles. The van der Waals surface area contributed by atoms with E-state index >= 15 is 0 Å². The van der Waals surface area contributed by atoms with Crippen LogP contribution in [0.1, 0.15) is 36.5 Å². The largest absolute Gasteiger partial charge is 0.377 e. The number of hydrogen-bond acceptors (Lipinski definition) is 5. The van der Waals surface area contributed by atoms with Gasteiger partial charge >= 0.3 is 0 Å². The van der Waals surface area contributed by atoms with Crippen LogP contribution in [0.15, 0.2) is 27.5 Å². The van der Waals surface area contributed by atoms with E-state index in [0.717, 1.165) is 17.5 Å². The molecule has 3 heterocycles. The van der Waals surface area contributed by atoms with Gasteiger partial charge in [-0.25, -0.2) is 0 Å². The highest BCUT2D eigenvalue weighted by Crippen LogP contribution is 2.52. The molecule has 2 fully saturated rings. The molecule has 0 bridgehead atoms. The van der Waals surface area contributed by atoms with Crippen LogP contribution in [-0.4, -0.2) is 39.6 Å². The zero-order valence-electron chi connectivity index (χ0n) is 13.5. The van der Waals surface area contributed by atoms with Crippen LogP contribution in [-0.2, 0) is 11.3 Å². The molecule has 0 radical (unpaired) electrons. The van der Waals surface area contributed by atoms with E-state index in [1.54, 1.807) is 16.9 Å². The Morgan fingerprint density at radius 1 is 1.54 bits per heavy atom. The van der Waals surface area contributed by atoms with Crippen LogP contribution in [0, 0.1) is 11.3 Å². The lowest BCUT2D eigenvalue weighted by Gasteiger charge is -2.54. The number of carbonyl (C=O) groups excluding carboxylic acids is 1. The molecule has 1 aliphatic carbocycles. The number of nitrogens with one attached hydrogen (secondary N) is 1. The predicted molar refractivity (Wildman–Crippen MR) is 88.4 cm³/mol. The van der Waals surface area contributed by atoms with Crippen molar-refractivity contribution in [1.29, 1.82) is 0 Å². The summed E-state index contributed by atoms with van der Waals surface area (Å²) in [6, 6.07) is 1.78. The number of amides is 1. The molecule has 1 saturated carbocycles. The topological polar surface area (TPSA) is 82.2 Å². The molecule has 0 spiro atoms. The van der Waals surface area contributed by atoms with Crippen LogP contribution < -0.4 is 5.32 Å². The van der Waals surface area contributed by atoms with Gasteiger partial charge in [0.25, 0.3) is 5.91 Å². The molecular weight excluding hydrogens is 376 g/mol. The third kappa shape index (κ3) is 2.57. The molecular formula is C16H19BrN4O3. The third-order valence-corrected chi connectivity index (χ3v) is 5.51. The van der Waals surface area contributed by atoms with Crippen molar-refractivity contribution in [2.75, 3.05) is 6.61 Å². The molecule has 2 aliphatic rings. The summed E-state index contributed by atoms with van der Waals surface area (Å²) in [6.07, 6.45) is 4.77. The molecule has 1 amide bonds. The van der Waals surface area contributed by atoms with Crippen molar-refractivity contribution in [3.05, 3.63) is 34.4 Å². The first kappa shape index (κ1) is 15.8. The van der Waals surface area contributed by atoms with Crippen molar-refractivity contribution in [3.8, 4) is 0 Å². The molecule has 24 heavy (non-hydrogen) atoms. The van der Waals surface area contributed by atoms with Gasteiger partial charge in [-0.1, -0.05) is 19.0 Å². The smallest absolute Gasteiger partial charge is 0.273 e. The Morgan fingerprint density at radius 3 is 3.12 bits per heavy atom. The van der Waals surface area contributed by atoms with E-state index < -0.39 is 0 Å². The zero-order valence-corrected chi connectivity index (χ0v) is 15.1. The number of fused-ring (bicyclic) bond motifs is 1. The van der Waals surface area contributed by atoms with Crippen LogP contribution in [0.25, 0.3) is 0 Å². The van der Waals surface area contributed by atoms with Crippen molar-refractivity contribution in [1.82, 2.24) is 20.3 Å². The maximum Gasteiger partial charge on any atom is 0.273 e. The van der Waals surface area contributed by atoms with E-state index in [1.165, 1.54) is 0 Å². The molecule has 2 aromatic rings. The molecule has 1 aliphatic heterocycles. The van der Waals surface area contributed by atoms with Gasteiger partial charge in [-0.3, -0.25) is 9.48 Å². The van der Waals surface area contributed by atoms with E-state index in [1.807, 2.05) is 6.20 Å². The molecule has 1 N–H and O–H groups in total. The molecule has 8 heteroatoms. The average molecular weight is 395 g/mol. The second-order valence-electron chi connectivity index (χ2n) is 7.05. The van der Waals surface area contributed by atoms with Gasteiger partial charge in [0.2, 0.25) is 0 Å². The first-order valence-corrected chi connectivity index (χ1v) is 8.80. The Balaban J connectivity index is 1.42. The number of nitrogens with zero attached hydrogens (tertiary/aromatic N) is 3. The number of ether oxygens (including phenoxy) is 1. The normalized spacial score (nSPS) is 27.5. The lowest BCUT2D eigenvalue weighted by molar-refractivity contribution is -0.108. The summed E-state index contributed by atoms with van der Waals surface area (Å²) in [4.78, 5) is 12.5. The van der Waals surface area contributed by atoms with Crippen molar-refractivity contribution in [2.45, 2.75) is 39.0 Å². The van der Waals surface area contributed by atoms with Crippen LogP contribution in [0.5, 0.6) is 0 Å². The SMILES string of the molecule is CC1(C)[C@H](NC(=O)c2cc(Cn3cc(Br)cn3)on2)[C@@H]2CCO[C@@H]21. The van der Waals surface area contributed by atoms with Gasteiger partial charge in [-0.2, -0.15) is 5.10 Å². The molecule has 0 unspecified atom stereocenters. The minimum absolute atomic E-state index is 0.0509. The molecule has 1 saturated heterocycles. The second-order valence-corrected chi connectivity index (χ2v) is 7.97. The van der Waals surface area contributed by atoms with E-state index in [2.05, 4.69) is 45.3 Å². The number of carbonyl (C=O) groups is 1. The lowest BCUT2D eigenvalue weighted by Crippen LogP contribution is -2.66. The van der Waals surface area contributed by atoms with E-state index in [4.69, 9.17) is 9.26 Å². The van der Waals surface area contributed by atoms with Crippen molar-refractivity contribution < 1.29 is 14.1 Å². The highest BCUT2D eigenvalue weighted by atomic mass is 79.9. The first-order valence-electron chi connectivity index (χ1n) is 8.01. The number of halogens is 1. The standard InChI is InChI=1S/C16H19BrN4O3/c1-16(2)13(11-3-4-23-14(11)16)19-15(22)12-5-10(24-20-12)8-21-7-9(17)6-18-21/h5-7,11,13-14H,3-4,8H2,1-2H3,(H,19,22)/t11-,13+,14-/m0/s1. The molecule has 0 aromatic carbocycles. The lowest BCUT2D eigenvalue weighted by atomic mass is 9.57. The minimum atomic E-state index is -0.199. The Morgan fingerprint density at radius 2 is 2.38 bits per heavy atom. The van der Waals surface area contributed by atoms with Crippen LogP contribution >= 0.6 is 15.9 Å². The summed E-state index contributed by atoms with van der Waals surface area (Å²) in [7, 11) is 0. The highest BCUT2D eigenvalue weighted by molar-refractivity contribution is 9.10. The zero-order chi connectivity index (χ0) is 16.9. The summed E-state index contributed by atoms with van der Waals surface area (Å²) < 4.78 is 13.6. The minimum Gasteiger partial charge on any atom is -0.377 e. The van der Waals surface area contributed by atoms with Crippen LogP contribution in [0.4, 0.5) is 0 Å². The summed E-state index contributed by atoms with van der Waals surface area (Å²) in [5, 5.41) is 11.2. The summed E-state index contributed by atoms with van der Waals surface area (Å²) in [6.45, 7) is 5.47. The highest BCUT2D eigenvalue weighted by Gasteiger charge is 2.59. The summed E-state index contributed by atoms with van der Waals surface area (Å²) >= 11 is 3.34. The average Bonchev–Trinajstić information content (AvgIpc) is 3.25. The van der Waals surface area contributed by atoms with Crippen molar-refractivity contribution in [3.63, 3.8) is 0 Å². The van der Waals surface area contributed by atoms with Gasteiger partial charge in [0.1, 0.15) is 6.54 Å². The quantitative estimate of drug-likeness (QED) is 0.859. The number of hydrogen-bond donors (Lipinski definition) is 1. The fraction of sp³-hybridized carbons (Fsp3) is 0.562. The Kier molecular flexibility index (Phi) is 3.76. The second kappa shape index (κ2) is 5.70. The molecule has 128 valence electrons. The van der Waals surface area contributed by atoms with Gasteiger partial charge in [-0.15, -0.1) is 0 Å². The number of rotatable bonds is 4. The molecule has 4 rings (SSSR count). The Hall–Kier alpha value is -1.67. The van der Waals surface area contributed by atoms with Gasteiger partial charge in [0.05, 0.1) is 16.8 Å². The van der Waals surface area contributed by atoms with E-state index in [0.29, 0.717) is 23.9 Å². The first-order chi connectivity index (χ1) is 11.4. The fourth-order valence-corrected chi connectivity index (χ4v) is 4.24. The predicted octanol–water partition coefficient (Wildman–Crippen LogP) is 2.23. The van der Waals surface area contributed by atoms with E-state index in [9.17, 15) is 4.79 Å². The van der Waals surface area contributed by atoms with Crippen LogP contribution in [0.2, 0.25) is 0 Å². The van der Waals surface area contributed by atoms with Gasteiger partial charge in [0, 0.05) is 36.2 Å². The molecule has 7 nitrogen and oxygen atoms in total. The molecule has 3 atom stereocenters. The maximum absolute atomic E-state index is 12.5. The van der Waals surface area contributed by atoms with Crippen LogP contribution in [0.3, 0.4) is 0 Å². The summed E-state index contributed by atoms with van der Waals surface area (Å²) in [5.41, 5.74) is 0.249. The maximum atomic E-state index is 12.5. The van der Waals surface area contributed by atoms with E-state index in [-0.39, 0.29) is 23.5 Å². The van der Waals surface area contributed by atoms with Crippen molar-refractivity contribution >= 4 is 21.8 Å². The summed E-state index contributed by atoms with van der Waals surface area (Å²) in [5.74, 6) is 0.789. The number of aromatic nitrogens is 3. The van der Waals surface area contributed by atoms with Gasteiger partial charge in [-0.05, 0) is 22.4 Å². The Bertz CT molecular complexity index is 769. The monoisotopic (exact) mass is 394 g/mol. The van der Waals surface area contributed by atoms with Crippen molar-refractivity contribution in [2.24, 2.45) is 11.3 Å².